The van der Waals surface area contributed by atoms with Crippen molar-refractivity contribution < 1.29 is 0 Å². The molecule has 2 aromatic rings. The lowest BCUT2D eigenvalue weighted by Gasteiger charge is -2.13. The van der Waals surface area contributed by atoms with E-state index in [4.69, 9.17) is 4.98 Å². The first kappa shape index (κ1) is 14.2. The van der Waals surface area contributed by atoms with Gasteiger partial charge in [-0.25, -0.2) is 9.97 Å². The third kappa shape index (κ3) is 2.70. The van der Waals surface area contributed by atoms with Crippen LogP contribution >= 0.6 is 49.9 Å². The van der Waals surface area contributed by atoms with Gasteiger partial charge in [-0.3, -0.25) is 0 Å². The van der Waals surface area contributed by atoms with Gasteiger partial charge in [-0.05, 0) is 55.9 Å². The van der Waals surface area contributed by atoms with Gasteiger partial charge in [0.1, 0.15) is 5.82 Å². The smallest absolute Gasteiger partial charge is 0.173 e. The number of anilines is 1. The minimum Gasteiger partial charge on any atom is -0.372 e. The van der Waals surface area contributed by atoms with Crippen molar-refractivity contribution in [2.45, 2.75) is 19.8 Å². The van der Waals surface area contributed by atoms with Gasteiger partial charge >= 0.3 is 0 Å². The van der Waals surface area contributed by atoms with Crippen LogP contribution in [0.1, 0.15) is 25.5 Å². The molecule has 0 aliphatic carbocycles. The fourth-order valence-corrected chi connectivity index (χ4v) is 4.18. The highest BCUT2D eigenvalue weighted by molar-refractivity contribution is 14.1. The van der Waals surface area contributed by atoms with E-state index in [1.807, 2.05) is 18.5 Å². The molecule has 2 heterocycles. The second-order valence-corrected chi connectivity index (χ2v) is 6.95. The predicted octanol–water partition coefficient (Wildman–Crippen LogP) is 4.74. The Morgan fingerprint density at radius 3 is 2.61 bits per heavy atom. The predicted molar refractivity (Wildman–Crippen MR) is 89.4 cm³/mol. The molecule has 0 radical (unpaired) electrons. The third-order valence-electron chi connectivity index (χ3n) is 2.48. The number of nitrogens with zero attached hydrogens (tertiary/aromatic N) is 2. The summed E-state index contributed by atoms with van der Waals surface area (Å²) in [4.78, 5) is 10.4. The van der Waals surface area contributed by atoms with Crippen molar-refractivity contribution in [3.05, 3.63) is 25.2 Å². The molecule has 1 N–H and O–H groups in total. The second kappa shape index (κ2) is 5.83. The first-order valence-electron chi connectivity index (χ1n) is 5.53. The van der Waals surface area contributed by atoms with E-state index in [-0.39, 0.29) is 0 Å². The third-order valence-corrected chi connectivity index (χ3v) is 5.38. The molecule has 6 heteroatoms. The van der Waals surface area contributed by atoms with E-state index in [1.54, 1.807) is 11.3 Å². The van der Waals surface area contributed by atoms with E-state index >= 15 is 0 Å². The highest BCUT2D eigenvalue weighted by Crippen LogP contribution is 2.34. The number of rotatable bonds is 3. The standard InChI is InChI=1S/C12H13BrIN3S/c1-6(2)9-8(14)11(15-3)17-12(16-9)10-7(13)4-5-18-10/h4-6H,1-3H3,(H,15,16,17). The lowest BCUT2D eigenvalue weighted by atomic mass is 10.1. The van der Waals surface area contributed by atoms with E-state index in [1.165, 1.54) is 0 Å². The zero-order chi connectivity index (χ0) is 13.3. The van der Waals surface area contributed by atoms with Crippen LogP contribution in [-0.4, -0.2) is 17.0 Å². The van der Waals surface area contributed by atoms with Gasteiger partial charge in [-0.1, -0.05) is 13.8 Å². The number of hydrogen-bond donors (Lipinski definition) is 1. The Morgan fingerprint density at radius 2 is 2.11 bits per heavy atom. The summed E-state index contributed by atoms with van der Waals surface area (Å²) in [5, 5.41) is 5.18. The number of nitrogens with one attached hydrogen (secondary N) is 1. The van der Waals surface area contributed by atoms with E-state index < -0.39 is 0 Å². The van der Waals surface area contributed by atoms with Crippen LogP contribution in [-0.2, 0) is 0 Å². The summed E-state index contributed by atoms with van der Waals surface area (Å²) < 4.78 is 2.15. The SMILES string of the molecule is CNc1nc(-c2sccc2Br)nc(C(C)C)c1I. The molecule has 18 heavy (non-hydrogen) atoms. The van der Waals surface area contributed by atoms with Crippen molar-refractivity contribution in [3.8, 4) is 10.7 Å². The molecule has 0 fully saturated rings. The summed E-state index contributed by atoms with van der Waals surface area (Å²) in [6.45, 7) is 4.30. The van der Waals surface area contributed by atoms with Gasteiger partial charge in [-0.2, -0.15) is 0 Å². The van der Waals surface area contributed by atoms with Crippen LogP contribution in [0.2, 0.25) is 0 Å². The Morgan fingerprint density at radius 1 is 1.39 bits per heavy atom. The van der Waals surface area contributed by atoms with Crippen molar-refractivity contribution in [2.75, 3.05) is 12.4 Å². The summed E-state index contributed by atoms with van der Waals surface area (Å²) in [7, 11) is 1.89. The Hall–Kier alpha value is -0.210. The highest BCUT2D eigenvalue weighted by Gasteiger charge is 2.16. The molecular weight excluding hydrogens is 425 g/mol. The fourth-order valence-electron chi connectivity index (χ4n) is 1.57. The molecular formula is C12H13BrIN3S. The van der Waals surface area contributed by atoms with Crippen molar-refractivity contribution in [2.24, 2.45) is 0 Å². The van der Waals surface area contributed by atoms with Crippen molar-refractivity contribution in [3.63, 3.8) is 0 Å². The van der Waals surface area contributed by atoms with E-state index in [9.17, 15) is 0 Å². The first-order chi connectivity index (χ1) is 8.54. The summed E-state index contributed by atoms with van der Waals surface area (Å²) in [6.07, 6.45) is 0. The minimum atomic E-state index is 0.379. The quantitative estimate of drug-likeness (QED) is 0.705. The number of halogens is 2. The normalized spacial score (nSPS) is 11.0. The van der Waals surface area contributed by atoms with Gasteiger partial charge in [0.25, 0.3) is 0 Å². The molecule has 0 saturated carbocycles. The molecule has 0 aromatic carbocycles. The molecule has 0 bridgehead atoms. The van der Waals surface area contributed by atoms with Crippen LogP contribution in [0.15, 0.2) is 15.9 Å². The van der Waals surface area contributed by atoms with Crippen molar-refractivity contribution >= 4 is 55.7 Å². The molecule has 0 spiro atoms. The molecule has 0 saturated heterocycles. The van der Waals surface area contributed by atoms with Crippen molar-refractivity contribution in [1.82, 2.24) is 9.97 Å². The fraction of sp³-hybridized carbons (Fsp3) is 0.333. The molecule has 0 aliphatic rings. The molecule has 0 aliphatic heterocycles. The number of hydrogen-bond acceptors (Lipinski definition) is 4. The number of aromatic nitrogens is 2. The van der Waals surface area contributed by atoms with Crippen LogP contribution in [0.25, 0.3) is 10.7 Å². The topological polar surface area (TPSA) is 37.8 Å². The van der Waals surface area contributed by atoms with Gasteiger partial charge in [0.05, 0.1) is 14.1 Å². The average Bonchev–Trinajstić information content (AvgIpc) is 2.75. The average molecular weight is 438 g/mol. The van der Waals surface area contributed by atoms with Crippen LogP contribution < -0.4 is 5.32 Å². The highest BCUT2D eigenvalue weighted by atomic mass is 127. The Kier molecular flexibility index (Phi) is 4.60. The molecule has 96 valence electrons. The lowest BCUT2D eigenvalue weighted by Crippen LogP contribution is -2.06. The Bertz CT molecular complexity index is 568. The van der Waals surface area contributed by atoms with Gasteiger partial charge in [0.15, 0.2) is 5.82 Å². The Balaban J connectivity index is 2.63. The second-order valence-electron chi connectivity index (χ2n) is 4.10. The summed E-state index contributed by atoms with van der Waals surface area (Å²) in [5.41, 5.74) is 1.09. The minimum absolute atomic E-state index is 0.379. The molecule has 3 nitrogen and oxygen atoms in total. The monoisotopic (exact) mass is 437 g/mol. The number of thiophene rings is 1. The van der Waals surface area contributed by atoms with Crippen LogP contribution in [0.5, 0.6) is 0 Å². The maximum Gasteiger partial charge on any atom is 0.173 e. The van der Waals surface area contributed by atoms with Gasteiger partial charge in [0, 0.05) is 11.5 Å². The molecule has 0 atom stereocenters. The summed E-state index contributed by atoms with van der Waals surface area (Å²) in [6, 6.07) is 2.02. The van der Waals surface area contributed by atoms with Gasteiger partial charge < -0.3 is 5.32 Å². The maximum atomic E-state index is 4.71. The van der Waals surface area contributed by atoms with Crippen LogP contribution in [0, 0.1) is 3.57 Å². The first-order valence-corrected chi connectivity index (χ1v) is 8.28. The molecule has 2 aromatic heterocycles. The van der Waals surface area contributed by atoms with Gasteiger partial charge in [0.2, 0.25) is 0 Å². The lowest BCUT2D eigenvalue weighted by molar-refractivity contribution is 0.810. The maximum absolute atomic E-state index is 4.71. The van der Waals surface area contributed by atoms with E-state index in [2.05, 4.69) is 62.7 Å². The zero-order valence-electron chi connectivity index (χ0n) is 10.3. The van der Waals surface area contributed by atoms with Gasteiger partial charge in [-0.15, -0.1) is 11.3 Å². The summed E-state index contributed by atoms with van der Waals surface area (Å²) >= 11 is 7.49. The van der Waals surface area contributed by atoms with Crippen LogP contribution in [0.4, 0.5) is 5.82 Å². The van der Waals surface area contributed by atoms with Crippen LogP contribution in [0.3, 0.4) is 0 Å². The summed E-state index contributed by atoms with van der Waals surface area (Å²) in [5.74, 6) is 2.06. The van der Waals surface area contributed by atoms with Crippen molar-refractivity contribution in [1.29, 1.82) is 0 Å². The molecule has 0 amide bonds. The largest absolute Gasteiger partial charge is 0.372 e. The Labute approximate surface area is 133 Å². The molecule has 0 unspecified atom stereocenters. The zero-order valence-corrected chi connectivity index (χ0v) is 14.9. The van der Waals surface area contributed by atoms with E-state index in [0.29, 0.717) is 5.92 Å². The van der Waals surface area contributed by atoms with E-state index in [0.717, 1.165) is 30.3 Å². The molecule has 2 rings (SSSR count).